The van der Waals surface area contributed by atoms with E-state index in [1.807, 2.05) is 55.4 Å². The van der Waals surface area contributed by atoms with Gasteiger partial charge in [-0.2, -0.15) is 0 Å². The maximum atomic E-state index is 12.7. The van der Waals surface area contributed by atoms with Crippen molar-refractivity contribution in [3.8, 4) is 0 Å². The largest absolute Gasteiger partial charge is 0.481 e. The minimum absolute atomic E-state index is 0.259. The fraction of sp³-hybridized carbons (Fsp3) is 0.870. The molecule has 0 fully saturated rings. The van der Waals surface area contributed by atoms with E-state index in [1.165, 1.54) is 7.11 Å². The van der Waals surface area contributed by atoms with Gasteiger partial charge in [-0.05, 0) is 43.4 Å². The van der Waals surface area contributed by atoms with Crippen LogP contribution in [0.4, 0.5) is 0 Å². The average molecular weight is 493 g/mol. The van der Waals surface area contributed by atoms with Gasteiger partial charge in [0, 0.05) is 4.32 Å². The molecule has 0 spiro atoms. The third kappa shape index (κ3) is 6.21. The number of halogens is 1. The van der Waals surface area contributed by atoms with Gasteiger partial charge in [0.05, 0.1) is 31.5 Å². The van der Waals surface area contributed by atoms with E-state index < -0.39 is 50.3 Å². The SMILES string of the molecule is CCOC(=O)C(C)C(C)(C)CC(C(=O)O)C(C)(C)C(C)(C)C(C(=O)OC)C(C)(C)Br. The van der Waals surface area contributed by atoms with Crippen molar-refractivity contribution in [2.75, 3.05) is 13.7 Å². The Labute approximate surface area is 190 Å². The van der Waals surface area contributed by atoms with Crippen LogP contribution >= 0.6 is 15.9 Å². The molecule has 0 saturated carbocycles. The van der Waals surface area contributed by atoms with Crippen molar-refractivity contribution in [3.63, 3.8) is 0 Å². The lowest BCUT2D eigenvalue weighted by molar-refractivity contribution is -0.167. The van der Waals surface area contributed by atoms with Crippen molar-refractivity contribution in [1.29, 1.82) is 0 Å². The van der Waals surface area contributed by atoms with Crippen LogP contribution in [0.3, 0.4) is 0 Å². The third-order valence-corrected chi connectivity index (χ3v) is 7.68. The van der Waals surface area contributed by atoms with Crippen LogP contribution in [-0.2, 0) is 23.9 Å². The highest BCUT2D eigenvalue weighted by molar-refractivity contribution is 9.10. The molecule has 0 radical (unpaired) electrons. The maximum absolute atomic E-state index is 12.7. The zero-order valence-electron chi connectivity index (χ0n) is 20.5. The predicted molar refractivity (Wildman–Crippen MR) is 121 cm³/mol. The van der Waals surface area contributed by atoms with E-state index in [4.69, 9.17) is 9.47 Å². The number of esters is 2. The van der Waals surface area contributed by atoms with Gasteiger partial charge in [0.15, 0.2) is 0 Å². The molecular weight excluding hydrogens is 452 g/mol. The van der Waals surface area contributed by atoms with E-state index in [0.717, 1.165) is 0 Å². The predicted octanol–water partition coefficient (Wildman–Crippen LogP) is 5.32. The highest BCUT2D eigenvalue weighted by Crippen LogP contribution is 2.56. The van der Waals surface area contributed by atoms with Gasteiger partial charge in [-0.1, -0.05) is 64.4 Å². The molecule has 0 heterocycles. The van der Waals surface area contributed by atoms with Gasteiger partial charge in [-0.25, -0.2) is 0 Å². The fourth-order valence-corrected chi connectivity index (χ4v) is 5.07. The Bertz CT molecular complexity index is 630. The number of ether oxygens (including phenoxy) is 2. The molecule has 0 aromatic heterocycles. The fourth-order valence-electron chi connectivity index (χ4n) is 4.31. The van der Waals surface area contributed by atoms with Crippen molar-refractivity contribution in [2.45, 2.75) is 80.0 Å². The molecule has 0 amide bonds. The van der Waals surface area contributed by atoms with Crippen molar-refractivity contribution in [2.24, 2.45) is 34.0 Å². The monoisotopic (exact) mass is 492 g/mol. The Kier molecular flexibility index (Phi) is 9.64. The molecule has 176 valence electrons. The molecule has 0 aliphatic rings. The maximum Gasteiger partial charge on any atom is 0.310 e. The zero-order chi connectivity index (χ0) is 24.3. The second-order valence-corrected chi connectivity index (χ2v) is 12.6. The second-order valence-electron chi connectivity index (χ2n) is 10.5. The highest BCUT2D eigenvalue weighted by atomic mass is 79.9. The lowest BCUT2D eigenvalue weighted by Gasteiger charge is -2.53. The number of carbonyl (C=O) groups is 3. The first-order valence-corrected chi connectivity index (χ1v) is 11.2. The molecule has 0 aliphatic carbocycles. The number of methoxy groups -OCH3 is 1. The summed E-state index contributed by atoms with van der Waals surface area (Å²) in [5.41, 5.74) is -2.18. The number of alkyl halides is 1. The Hall–Kier alpha value is -1.11. The van der Waals surface area contributed by atoms with E-state index in [-0.39, 0.29) is 19.0 Å². The lowest BCUT2D eigenvalue weighted by atomic mass is 9.52. The normalized spacial score (nSPS) is 16.4. The molecule has 6 nitrogen and oxygen atoms in total. The summed E-state index contributed by atoms with van der Waals surface area (Å²) in [7, 11) is 1.34. The van der Waals surface area contributed by atoms with Gasteiger partial charge < -0.3 is 14.6 Å². The molecule has 7 heteroatoms. The summed E-state index contributed by atoms with van der Waals surface area (Å²) >= 11 is 3.61. The summed E-state index contributed by atoms with van der Waals surface area (Å²) in [6, 6.07) is 0. The van der Waals surface area contributed by atoms with Gasteiger partial charge in [-0.3, -0.25) is 14.4 Å². The van der Waals surface area contributed by atoms with Gasteiger partial charge in [0.2, 0.25) is 0 Å². The standard InChI is InChI=1S/C23H41BrO6/c1-12-30-18(27)14(2)20(3,4)13-15(17(25)26)21(5,6)22(7,8)16(19(28)29-11)23(9,10)24/h14-16H,12-13H2,1-11H3,(H,25,26). The lowest BCUT2D eigenvalue weighted by Crippen LogP contribution is -2.54. The Balaban J connectivity index is 6.27. The van der Waals surface area contributed by atoms with Gasteiger partial charge >= 0.3 is 17.9 Å². The molecule has 0 aromatic rings. The molecule has 3 atom stereocenters. The summed E-state index contributed by atoms with van der Waals surface area (Å²) in [5.74, 6) is -3.55. The minimum atomic E-state index is -0.951. The van der Waals surface area contributed by atoms with Crippen molar-refractivity contribution in [3.05, 3.63) is 0 Å². The Morgan fingerprint density at radius 2 is 1.40 bits per heavy atom. The van der Waals surface area contributed by atoms with Crippen molar-refractivity contribution < 1.29 is 29.0 Å². The second kappa shape index (κ2) is 10.0. The molecule has 1 N–H and O–H groups in total. The summed E-state index contributed by atoms with van der Waals surface area (Å²) in [6.07, 6.45) is 0.259. The molecule has 0 rings (SSSR count). The molecule has 3 unspecified atom stereocenters. The van der Waals surface area contributed by atoms with E-state index in [9.17, 15) is 19.5 Å². The van der Waals surface area contributed by atoms with Crippen molar-refractivity contribution >= 4 is 33.8 Å². The highest BCUT2D eigenvalue weighted by Gasteiger charge is 2.57. The summed E-state index contributed by atoms with van der Waals surface area (Å²) in [6.45, 7) is 18.9. The molecular formula is C23H41BrO6. The van der Waals surface area contributed by atoms with Crippen LogP contribution in [0.15, 0.2) is 0 Å². The first-order valence-electron chi connectivity index (χ1n) is 10.4. The van der Waals surface area contributed by atoms with Gasteiger partial charge in [0.25, 0.3) is 0 Å². The number of hydrogen-bond donors (Lipinski definition) is 1. The molecule has 0 saturated heterocycles. The Morgan fingerprint density at radius 1 is 0.933 bits per heavy atom. The third-order valence-electron chi connectivity index (χ3n) is 7.22. The quantitative estimate of drug-likeness (QED) is 0.310. The van der Waals surface area contributed by atoms with E-state index in [0.29, 0.717) is 0 Å². The summed E-state index contributed by atoms with van der Waals surface area (Å²) in [4.78, 5) is 37.5. The average Bonchev–Trinajstić information content (AvgIpc) is 2.56. The first kappa shape index (κ1) is 28.9. The first-order chi connectivity index (χ1) is 13.3. The minimum Gasteiger partial charge on any atom is -0.481 e. The van der Waals surface area contributed by atoms with E-state index >= 15 is 0 Å². The van der Waals surface area contributed by atoms with Crippen molar-refractivity contribution in [1.82, 2.24) is 0 Å². The van der Waals surface area contributed by atoms with E-state index in [2.05, 4.69) is 15.9 Å². The number of carbonyl (C=O) groups excluding carboxylic acids is 2. The van der Waals surface area contributed by atoms with Crippen LogP contribution in [0.25, 0.3) is 0 Å². The number of aliphatic carboxylic acids is 1. The number of hydrogen-bond acceptors (Lipinski definition) is 5. The van der Waals surface area contributed by atoms with Crippen LogP contribution in [0.2, 0.25) is 0 Å². The van der Waals surface area contributed by atoms with Gasteiger partial charge in [0.1, 0.15) is 0 Å². The smallest absolute Gasteiger partial charge is 0.310 e. The van der Waals surface area contributed by atoms with Gasteiger partial charge in [-0.15, -0.1) is 0 Å². The van der Waals surface area contributed by atoms with E-state index in [1.54, 1.807) is 13.8 Å². The zero-order valence-corrected chi connectivity index (χ0v) is 22.1. The summed E-state index contributed by atoms with van der Waals surface area (Å²) in [5, 5.41) is 10.2. The van der Waals surface area contributed by atoms with Crippen LogP contribution < -0.4 is 0 Å². The molecule has 0 aliphatic heterocycles. The summed E-state index contributed by atoms with van der Waals surface area (Å²) < 4.78 is 9.63. The molecule has 0 bridgehead atoms. The van der Waals surface area contributed by atoms with Crippen LogP contribution in [0, 0.1) is 34.0 Å². The Morgan fingerprint density at radius 3 is 1.73 bits per heavy atom. The topological polar surface area (TPSA) is 89.9 Å². The van der Waals surface area contributed by atoms with Crippen LogP contribution in [0.5, 0.6) is 0 Å². The molecule has 0 aromatic carbocycles. The number of carboxylic acid groups (broad SMARTS) is 1. The number of rotatable bonds is 11. The van der Waals surface area contributed by atoms with Crippen LogP contribution in [-0.4, -0.2) is 41.1 Å². The number of carboxylic acids is 1. The van der Waals surface area contributed by atoms with Crippen LogP contribution in [0.1, 0.15) is 75.7 Å². The molecule has 30 heavy (non-hydrogen) atoms.